The van der Waals surface area contributed by atoms with Gasteiger partial charge < -0.3 is 5.73 Å². The van der Waals surface area contributed by atoms with Crippen LogP contribution in [-0.4, -0.2) is 17.5 Å². The van der Waals surface area contributed by atoms with Crippen molar-refractivity contribution in [2.45, 2.75) is 59.0 Å². The molecule has 3 rings (SSSR count). The molecule has 20 heavy (non-hydrogen) atoms. The molecule has 110 valence electrons. The van der Waals surface area contributed by atoms with Gasteiger partial charge in [-0.05, 0) is 54.2 Å². The second kappa shape index (κ2) is 5.07. The van der Waals surface area contributed by atoms with Crippen LogP contribution in [0.5, 0.6) is 0 Å². The molecule has 2 atom stereocenters. The zero-order valence-corrected chi connectivity index (χ0v) is 13.2. The van der Waals surface area contributed by atoms with E-state index in [1.807, 2.05) is 0 Å². The van der Waals surface area contributed by atoms with E-state index in [0.29, 0.717) is 5.41 Å². The Labute approximate surface area is 123 Å². The molecule has 1 fully saturated rings. The minimum Gasteiger partial charge on any atom is -0.398 e. The fraction of sp³-hybridized carbons (Fsp3) is 0.667. The summed E-state index contributed by atoms with van der Waals surface area (Å²) in [6.45, 7) is 9.53. The van der Waals surface area contributed by atoms with Crippen molar-refractivity contribution in [3.8, 4) is 0 Å². The van der Waals surface area contributed by atoms with Gasteiger partial charge in [0, 0.05) is 24.8 Å². The summed E-state index contributed by atoms with van der Waals surface area (Å²) in [5.74, 6) is 0.846. The largest absolute Gasteiger partial charge is 0.398 e. The molecule has 2 N–H and O–H groups in total. The maximum absolute atomic E-state index is 6.19. The Bertz CT molecular complexity index is 492. The second-order valence-electron chi connectivity index (χ2n) is 7.77. The molecule has 0 aromatic heterocycles. The monoisotopic (exact) mass is 272 g/mol. The predicted molar refractivity (Wildman–Crippen MR) is 85.6 cm³/mol. The summed E-state index contributed by atoms with van der Waals surface area (Å²) in [4.78, 5) is 2.69. The molecule has 1 aromatic carbocycles. The highest BCUT2D eigenvalue weighted by atomic mass is 15.2. The highest BCUT2D eigenvalue weighted by Gasteiger charge is 2.35. The maximum atomic E-state index is 6.19. The molecule has 1 heterocycles. The van der Waals surface area contributed by atoms with Crippen molar-refractivity contribution < 1.29 is 0 Å². The van der Waals surface area contributed by atoms with Gasteiger partial charge in [-0.15, -0.1) is 0 Å². The van der Waals surface area contributed by atoms with Crippen LogP contribution in [0.15, 0.2) is 18.2 Å². The quantitative estimate of drug-likeness (QED) is 0.787. The van der Waals surface area contributed by atoms with E-state index in [9.17, 15) is 0 Å². The van der Waals surface area contributed by atoms with Crippen molar-refractivity contribution in [3.63, 3.8) is 0 Å². The number of anilines is 1. The first-order valence-corrected chi connectivity index (χ1v) is 8.05. The van der Waals surface area contributed by atoms with Crippen LogP contribution < -0.4 is 5.73 Å². The lowest BCUT2D eigenvalue weighted by Gasteiger charge is -2.45. The number of nitrogen functional groups attached to an aromatic ring is 1. The highest BCUT2D eigenvalue weighted by Crippen LogP contribution is 2.41. The van der Waals surface area contributed by atoms with E-state index >= 15 is 0 Å². The number of rotatable bonds is 1. The van der Waals surface area contributed by atoms with Gasteiger partial charge in [0.2, 0.25) is 0 Å². The van der Waals surface area contributed by atoms with Crippen LogP contribution in [0.3, 0.4) is 0 Å². The van der Waals surface area contributed by atoms with Gasteiger partial charge in [-0.3, -0.25) is 4.90 Å². The average molecular weight is 272 g/mol. The lowest BCUT2D eigenvalue weighted by molar-refractivity contribution is 0.0588. The van der Waals surface area contributed by atoms with Gasteiger partial charge in [-0.2, -0.15) is 0 Å². The van der Waals surface area contributed by atoms with Crippen molar-refractivity contribution in [1.29, 1.82) is 0 Å². The van der Waals surface area contributed by atoms with Crippen LogP contribution in [0.25, 0.3) is 0 Å². The molecular formula is C18H28N2. The fourth-order valence-electron chi connectivity index (χ4n) is 4.51. The lowest BCUT2D eigenvalue weighted by atomic mass is 9.70. The van der Waals surface area contributed by atoms with Gasteiger partial charge in [0.1, 0.15) is 0 Å². The molecule has 1 aromatic rings. The van der Waals surface area contributed by atoms with E-state index in [2.05, 4.69) is 43.9 Å². The van der Waals surface area contributed by atoms with Crippen LogP contribution in [0.2, 0.25) is 0 Å². The SMILES string of the molecule is CC1CC(N2CCc3cccc(N)c3C2)CC(C)(C)C1. The van der Waals surface area contributed by atoms with Crippen molar-refractivity contribution >= 4 is 5.69 Å². The Hall–Kier alpha value is -1.02. The summed E-state index contributed by atoms with van der Waals surface area (Å²) < 4.78 is 0. The Balaban J connectivity index is 1.78. The van der Waals surface area contributed by atoms with Gasteiger partial charge in [-0.25, -0.2) is 0 Å². The summed E-state index contributed by atoms with van der Waals surface area (Å²) in [5.41, 5.74) is 10.5. The van der Waals surface area contributed by atoms with Crippen molar-refractivity contribution in [2.75, 3.05) is 12.3 Å². The van der Waals surface area contributed by atoms with Crippen LogP contribution in [0.4, 0.5) is 5.69 Å². The maximum Gasteiger partial charge on any atom is 0.0362 e. The number of nitrogens with two attached hydrogens (primary N) is 1. The molecule has 0 radical (unpaired) electrons. The topological polar surface area (TPSA) is 29.3 Å². The molecule has 2 aliphatic rings. The van der Waals surface area contributed by atoms with Gasteiger partial charge >= 0.3 is 0 Å². The third-order valence-electron chi connectivity index (χ3n) is 5.22. The lowest BCUT2D eigenvalue weighted by Crippen LogP contribution is -2.45. The van der Waals surface area contributed by atoms with Gasteiger partial charge in [0.25, 0.3) is 0 Å². The Morgan fingerprint density at radius 3 is 2.80 bits per heavy atom. The fourth-order valence-corrected chi connectivity index (χ4v) is 4.51. The van der Waals surface area contributed by atoms with E-state index in [4.69, 9.17) is 5.73 Å². The molecule has 1 aliphatic heterocycles. The molecule has 2 unspecified atom stereocenters. The first-order valence-electron chi connectivity index (χ1n) is 8.05. The number of fused-ring (bicyclic) bond motifs is 1. The highest BCUT2D eigenvalue weighted by molar-refractivity contribution is 5.51. The molecule has 1 saturated carbocycles. The first kappa shape index (κ1) is 13.9. The molecule has 0 spiro atoms. The zero-order chi connectivity index (χ0) is 14.3. The second-order valence-corrected chi connectivity index (χ2v) is 7.77. The summed E-state index contributed by atoms with van der Waals surface area (Å²) >= 11 is 0. The van der Waals surface area contributed by atoms with Crippen molar-refractivity contribution in [3.05, 3.63) is 29.3 Å². The molecule has 1 aliphatic carbocycles. The normalized spacial score (nSPS) is 29.9. The van der Waals surface area contributed by atoms with E-state index in [1.54, 1.807) is 0 Å². The summed E-state index contributed by atoms with van der Waals surface area (Å²) in [6, 6.07) is 7.13. The zero-order valence-electron chi connectivity index (χ0n) is 13.2. The third kappa shape index (κ3) is 2.71. The van der Waals surface area contributed by atoms with Gasteiger partial charge in [0.05, 0.1) is 0 Å². The smallest absolute Gasteiger partial charge is 0.0362 e. The molecule has 2 nitrogen and oxygen atoms in total. The van der Waals surface area contributed by atoms with Crippen LogP contribution >= 0.6 is 0 Å². The molecule has 0 saturated heterocycles. The average Bonchev–Trinajstić information content (AvgIpc) is 2.36. The van der Waals surface area contributed by atoms with Crippen molar-refractivity contribution in [2.24, 2.45) is 11.3 Å². The Morgan fingerprint density at radius 1 is 1.25 bits per heavy atom. The first-order chi connectivity index (χ1) is 9.44. The molecule has 0 amide bonds. The number of hydrogen-bond donors (Lipinski definition) is 1. The summed E-state index contributed by atoms with van der Waals surface area (Å²) in [7, 11) is 0. The molecule has 0 bridgehead atoms. The van der Waals surface area contributed by atoms with Crippen LogP contribution in [0.1, 0.15) is 51.2 Å². The minimum atomic E-state index is 0.491. The number of nitrogens with zero attached hydrogens (tertiary/aromatic N) is 1. The number of hydrogen-bond acceptors (Lipinski definition) is 2. The van der Waals surface area contributed by atoms with E-state index in [-0.39, 0.29) is 0 Å². The van der Waals surface area contributed by atoms with Crippen LogP contribution in [-0.2, 0) is 13.0 Å². The van der Waals surface area contributed by atoms with E-state index < -0.39 is 0 Å². The summed E-state index contributed by atoms with van der Waals surface area (Å²) in [5, 5.41) is 0. The van der Waals surface area contributed by atoms with E-state index in [1.165, 1.54) is 36.9 Å². The van der Waals surface area contributed by atoms with E-state index in [0.717, 1.165) is 30.6 Å². The number of benzene rings is 1. The van der Waals surface area contributed by atoms with Crippen LogP contribution in [0, 0.1) is 11.3 Å². The van der Waals surface area contributed by atoms with Crippen molar-refractivity contribution in [1.82, 2.24) is 4.90 Å². The Kier molecular flexibility index (Phi) is 3.53. The van der Waals surface area contributed by atoms with Gasteiger partial charge in [0.15, 0.2) is 0 Å². The molecule has 2 heteroatoms. The standard InChI is InChI=1S/C18H28N2/c1-13-9-15(11-18(2,3)10-13)20-8-7-14-5-4-6-17(19)16(14)12-20/h4-6,13,15H,7-12,19H2,1-3H3. The molecular weight excluding hydrogens is 244 g/mol. The third-order valence-corrected chi connectivity index (χ3v) is 5.22. The summed E-state index contributed by atoms with van der Waals surface area (Å²) in [6.07, 6.45) is 5.21. The predicted octanol–water partition coefficient (Wildman–Crippen LogP) is 3.84. The minimum absolute atomic E-state index is 0.491. The Morgan fingerprint density at radius 2 is 2.05 bits per heavy atom. The van der Waals surface area contributed by atoms with Gasteiger partial charge in [-0.1, -0.05) is 32.9 Å².